The maximum absolute atomic E-state index is 11.4. The smallest absolute Gasteiger partial charge is 0.240 e. The van der Waals surface area contributed by atoms with Crippen molar-refractivity contribution in [2.45, 2.75) is 25.3 Å². The molecule has 1 aliphatic heterocycles. The van der Waals surface area contributed by atoms with Gasteiger partial charge in [-0.25, -0.2) is 4.98 Å². The second-order valence-corrected chi connectivity index (χ2v) is 4.09. The molecule has 2 heterocycles. The van der Waals surface area contributed by atoms with E-state index in [1.165, 1.54) is 0 Å². The van der Waals surface area contributed by atoms with E-state index in [0.717, 1.165) is 25.8 Å². The Morgan fingerprint density at radius 2 is 2.41 bits per heavy atom. The van der Waals surface area contributed by atoms with E-state index in [2.05, 4.69) is 11.1 Å². The van der Waals surface area contributed by atoms with E-state index >= 15 is 0 Å². The van der Waals surface area contributed by atoms with Crippen molar-refractivity contribution in [2.24, 2.45) is 5.73 Å². The Kier molecular flexibility index (Phi) is 3.24. The summed E-state index contributed by atoms with van der Waals surface area (Å²) in [6.45, 7) is 0.722. The number of amides is 1. The highest BCUT2D eigenvalue weighted by molar-refractivity contribution is 5.84. The zero-order valence-corrected chi connectivity index (χ0v) is 9.47. The van der Waals surface area contributed by atoms with Gasteiger partial charge in [-0.1, -0.05) is 0 Å². The Bertz CT molecular complexity index is 466. The lowest BCUT2D eigenvalue weighted by Crippen LogP contribution is -2.48. The van der Waals surface area contributed by atoms with E-state index in [4.69, 9.17) is 11.0 Å². The van der Waals surface area contributed by atoms with Crippen LogP contribution in [0.5, 0.6) is 0 Å². The van der Waals surface area contributed by atoms with E-state index in [0.29, 0.717) is 11.4 Å². The fourth-order valence-electron chi connectivity index (χ4n) is 2.19. The van der Waals surface area contributed by atoms with Gasteiger partial charge in [0, 0.05) is 12.7 Å². The van der Waals surface area contributed by atoms with E-state index in [1.54, 1.807) is 18.3 Å². The van der Waals surface area contributed by atoms with Gasteiger partial charge in [-0.05, 0) is 31.4 Å². The van der Waals surface area contributed by atoms with Crippen LogP contribution in [0.4, 0.5) is 5.82 Å². The molecule has 1 amide bonds. The average molecular weight is 230 g/mol. The predicted octanol–water partition coefficient (Wildman–Crippen LogP) is 0.797. The van der Waals surface area contributed by atoms with Crippen LogP contribution in [0.1, 0.15) is 24.8 Å². The Morgan fingerprint density at radius 1 is 1.59 bits per heavy atom. The Labute approximate surface area is 99.9 Å². The highest BCUT2D eigenvalue weighted by Gasteiger charge is 2.29. The first-order valence-corrected chi connectivity index (χ1v) is 5.65. The molecule has 1 aromatic rings. The molecule has 5 heteroatoms. The van der Waals surface area contributed by atoms with Crippen LogP contribution in [0, 0.1) is 11.3 Å². The SMILES string of the molecule is N#Cc1cccnc1N1CCCCC1C(N)=O. The maximum atomic E-state index is 11.4. The van der Waals surface area contributed by atoms with Crippen LogP contribution in [0.15, 0.2) is 18.3 Å². The first kappa shape index (κ1) is 11.4. The zero-order chi connectivity index (χ0) is 12.3. The number of anilines is 1. The lowest BCUT2D eigenvalue weighted by atomic mass is 10.0. The average Bonchev–Trinajstić information content (AvgIpc) is 2.38. The van der Waals surface area contributed by atoms with E-state index in [9.17, 15) is 4.79 Å². The summed E-state index contributed by atoms with van der Waals surface area (Å²) >= 11 is 0. The van der Waals surface area contributed by atoms with Gasteiger partial charge in [-0.15, -0.1) is 0 Å². The molecule has 1 unspecified atom stereocenters. The van der Waals surface area contributed by atoms with Crippen molar-refractivity contribution in [3.63, 3.8) is 0 Å². The molecule has 1 aromatic heterocycles. The molecule has 1 atom stereocenters. The van der Waals surface area contributed by atoms with Crippen LogP contribution >= 0.6 is 0 Å². The van der Waals surface area contributed by atoms with E-state index in [1.807, 2.05) is 4.90 Å². The molecule has 0 aromatic carbocycles. The number of nitriles is 1. The summed E-state index contributed by atoms with van der Waals surface area (Å²) < 4.78 is 0. The number of carbonyl (C=O) groups is 1. The zero-order valence-electron chi connectivity index (χ0n) is 9.47. The number of pyridine rings is 1. The van der Waals surface area contributed by atoms with Gasteiger partial charge in [-0.3, -0.25) is 4.79 Å². The number of carbonyl (C=O) groups excluding carboxylic acids is 1. The standard InChI is InChI=1S/C12H14N4O/c13-8-9-4-3-6-15-12(9)16-7-2-1-5-10(16)11(14)17/h3-4,6,10H,1-2,5,7H2,(H2,14,17). The van der Waals surface area contributed by atoms with E-state index in [-0.39, 0.29) is 11.9 Å². The molecular formula is C12H14N4O. The van der Waals surface area contributed by atoms with Crippen molar-refractivity contribution in [3.8, 4) is 6.07 Å². The molecule has 0 aliphatic carbocycles. The number of hydrogen-bond donors (Lipinski definition) is 1. The second-order valence-electron chi connectivity index (χ2n) is 4.09. The monoisotopic (exact) mass is 230 g/mol. The van der Waals surface area contributed by atoms with Crippen molar-refractivity contribution < 1.29 is 4.79 Å². The predicted molar refractivity (Wildman–Crippen MR) is 63.1 cm³/mol. The molecule has 0 spiro atoms. The van der Waals surface area contributed by atoms with Crippen LogP contribution in [0.25, 0.3) is 0 Å². The molecule has 1 saturated heterocycles. The largest absolute Gasteiger partial charge is 0.368 e. The molecule has 0 saturated carbocycles. The number of piperidine rings is 1. The summed E-state index contributed by atoms with van der Waals surface area (Å²) in [5.74, 6) is 0.220. The van der Waals surface area contributed by atoms with Crippen molar-refractivity contribution in [1.82, 2.24) is 4.98 Å². The Hall–Kier alpha value is -2.09. The van der Waals surface area contributed by atoms with Crippen molar-refractivity contribution >= 4 is 11.7 Å². The third kappa shape index (κ3) is 2.21. The van der Waals surface area contributed by atoms with Crippen LogP contribution in [0.3, 0.4) is 0 Å². The topological polar surface area (TPSA) is 83.0 Å². The summed E-state index contributed by atoms with van der Waals surface area (Å²) in [5.41, 5.74) is 5.88. The fraction of sp³-hybridized carbons (Fsp3) is 0.417. The quantitative estimate of drug-likeness (QED) is 0.814. The Balaban J connectivity index is 2.36. The summed E-state index contributed by atoms with van der Waals surface area (Å²) in [4.78, 5) is 17.5. The van der Waals surface area contributed by atoms with Crippen molar-refractivity contribution in [3.05, 3.63) is 23.9 Å². The lowest BCUT2D eigenvalue weighted by molar-refractivity contribution is -0.119. The number of nitrogens with zero attached hydrogens (tertiary/aromatic N) is 3. The summed E-state index contributed by atoms with van der Waals surface area (Å²) in [6.07, 6.45) is 4.34. The molecule has 5 nitrogen and oxygen atoms in total. The lowest BCUT2D eigenvalue weighted by Gasteiger charge is -2.34. The second kappa shape index (κ2) is 4.83. The molecule has 2 rings (SSSR count). The molecule has 17 heavy (non-hydrogen) atoms. The van der Waals surface area contributed by atoms with Gasteiger partial charge in [0.1, 0.15) is 17.9 Å². The number of rotatable bonds is 2. The van der Waals surface area contributed by atoms with Gasteiger partial charge in [0.2, 0.25) is 5.91 Å². The van der Waals surface area contributed by atoms with Gasteiger partial charge < -0.3 is 10.6 Å². The van der Waals surface area contributed by atoms with Crippen molar-refractivity contribution in [1.29, 1.82) is 5.26 Å². The number of hydrogen-bond acceptors (Lipinski definition) is 4. The molecular weight excluding hydrogens is 216 g/mol. The van der Waals surface area contributed by atoms with Crippen LogP contribution < -0.4 is 10.6 Å². The van der Waals surface area contributed by atoms with Crippen LogP contribution in [-0.4, -0.2) is 23.5 Å². The molecule has 88 valence electrons. The Morgan fingerprint density at radius 3 is 3.12 bits per heavy atom. The van der Waals surface area contributed by atoms with Gasteiger partial charge in [0.15, 0.2) is 0 Å². The molecule has 1 aliphatic rings. The third-order valence-corrected chi connectivity index (χ3v) is 3.01. The minimum atomic E-state index is -0.348. The minimum Gasteiger partial charge on any atom is -0.368 e. The van der Waals surface area contributed by atoms with Crippen LogP contribution in [-0.2, 0) is 4.79 Å². The van der Waals surface area contributed by atoms with Gasteiger partial charge >= 0.3 is 0 Å². The fourth-order valence-corrected chi connectivity index (χ4v) is 2.19. The highest BCUT2D eigenvalue weighted by Crippen LogP contribution is 2.25. The van der Waals surface area contributed by atoms with E-state index < -0.39 is 0 Å². The highest BCUT2D eigenvalue weighted by atomic mass is 16.1. The number of nitrogens with two attached hydrogens (primary N) is 1. The van der Waals surface area contributed by atoms with Crippen LogP contribution in [0.2, 0.25) is 0 Å². The molecule has 2 N–H and O–H groups in total. The number of aromatic nitrogens is 1. The minimum absolute atomic E-state index is 0.342. The summed E-state index contributed by atoms with van der Waals surface area (Å²) in [7, 11) is 0. The molecule has 1 fully saturated rings. The van der Waals surface area contributed by atoms with Crippen molar-refractivity contribution in [2.75, 3.05) is 11.4 Å². The first-order valence-electron chi connectivity index (χ1n) is 5.65. The van der Waals surface area contributed by atoms with Gasteiger partial charge in [0.05, 0.1) is 5.56 Å². The normalized spacial score (nSPS) is 19.7. The van der Waals surface area contributed by atoms with Gasteiger partial charge in [0.25, 0.3) is 0 Å². The van der Waals surface area contributed by atoms with Gasteiger partial charge in [-0.2, -0.15) is 5.26 Å². The first-order chi connectivity index (χ1) is 8.24. The molecule has 0 radical (unpaired) electrons. The number of primary amides is 1. The summed E-state index contributed by atoms with van der Waals surface area (Å²) in [6, 6.07) is 5.17. The maximum Gasteiger partial charge on any atom is 0.240 e. The third-order valence-electron chi connectivity index (χ3n) is 3.01. The molecule has 0 bridgehead atoms. The summed E-state index contributed by atoms with van der Waals surface area (Å²) in [5, 5.41) is 9.04.